The second kappa shape index (κ2) is 6.61. The molecule has 1 aromatic carbocycles. The number of aromatic nitrogens is 1. The molecule has 1 saturated heterocycles. The van der Waals surface area contributed by atoms with E-state index in [1.165, 1.54) is 6.92 Å². The summed E-state index contributed by atoms with van der Waals surface area (Å²) in [5, 5.41) is 2.68. The van der Waals surface area contributed by atoms with Crippen LogP contribution in [0, 0.1) is 6.57 Å². The second-order valence-corrected chi connectivity index (χ2v) is 6.31. The summed E-state index contributed by atoms with van der Waals surface area (Å²) < 4.78 is 11.3. The van der Waals surface area contributed by atoms with Crippen molar-refractivity contribution in [2.45, 2.75) is 19.1 Å². The van der Waals surface area contributed by atoms with Crippen molar-refractivity contribution in [2.24, 2.45) is 0 Å². The van der Waals surface area contributed by atoms with Gasteiger partial charge in [-0.2, -0.15) is 0 Å². The van der Waals surface area contributed by atoms with Gasteiger partial charge in [-0.3, -0.25) is 9.69 Å². The highest BCUT2D eigenvalue weighted by atomic mass is 16.6. The first kappa shape index (κ1) is 16.8. The van der Waals surface area contributed by atoms with E-state index in [1.54, 1.807) is 17.2 Å². The summed E-state index contributed by atoms with van der Waals surface area (Å²) in [6, 6.07) is 8.70. The number of hydrogen-bond donors (Lipinski definition) is 1. The molecule has 0 bridgehead atoms. The lowest BCUT2D eigenvalue weighted by Crippen LogP contribution is -2.47. The first-order valence-corrected chi connectivity index (χ1v) is 8.42. The number of nitrogens with zero attached hydrogens (tertiary/aromatic N) is 3. The van der Waals surface area contributed by atoms with E-state index < -0.39 is 12.2 Å². The Kier molecular flexibility index (Phi) is 4.12. The fraction of sp³-hybridized carbons (Fsp3) is 0.263. The van der Waals surface area contributed by atoms with Crippen molar-refractivity contribution in [3.8, 4) is 16.9 Å². The van der Waals surface area contributed by atoms with E-state index in [0.717, 1.165) is 11.1 Å². The van der Waals surface area contributed by atoms with E-state index in [9.17, 15) is 9.59 Å². The third-order valence-electron chi connectivity index (χ3n) is 4.59. The molecule has 0 saturated carbocycles. The van der Waals surface area contributed by atoms with Crippen LogP contribution in [0.3, 0.4) is 0 Å². The van der Waals surface area contributed by atoms with Crippen LogP contribution in [-0.2, 0) is 9.53 Å². The zero-order valence-electron chi connectivity index (χ0n) is 14.5. The van der Waals surface area contributed by atoms with Gasteiger partial charge in [-0.25, -0.2) is 4.79 Å². The van der Waals surface area contributed by atoms with Gasteiger partial charge in [0.25, 0.3) is 5.82 Å². The standard InChI is InChI=1S/C19H16N4O4/c1-11(24)21-9-17-15-10-26-16-7-12(13-4-6-18(20-2)22-8-13)3-5-14(16)23(15)19(25)27-17/h3-8,15,17H,9-10H2,1H3,(H,21,24)/t15-,17-/m0/s1. The van der Waals surface area contributed by atoms with E-state index in [1.807, 2.05) is 24.3 Å². The van der Waals surface area contributed by atoms with Crippen LogP contribution in [-0.4, -0.2) is 42.3 Å². The number of nitrogens with one attached hydrogen (secondary N) is 1. The number of fused-ring (bicyclic) bond motifs is 3. The molecule has 0 radical (unpaired) electrons. The van der Waals surface area contributed by atoms with Crippen LogP contribution < -0.4 is 15.0 Å². The first-order chi connectivity index (χ1) is 13.1. The number of carbonyl (C=O) groups is 2. The zero-order valence-corrected chi connectivity index (χ0v) is 14.5. The van der Waals surface area contributed by atoms with Gasteiger partial charge in [0.15, 0.2) is 0 Å². The van der Waals surface area contributed by atoms with Gasteiger partial charge in [0.2, 0.25) is 5.91 Å². The van der Waals surface area contributed by atoms with Crippen LogP contribution >= 0.6 is 0 Å². The monoisotopic (exact) mass is 364 g/mol. The molecule has 0 aliphatic carbocycles. The lowest BCUT2D eigenvalue weighted by atomic mass is 10.0. The van der Waals surface area contributed by atoms with Gasteiger partial charge in [-0.1, -0.05) is 18.7 Å². The van der Waals surface area contributed by atoms with E-state index in [2.05, 4.69) is 15.1 Å². The van der Waals surface area contributed by atoms with Crippen LogP contribution in [0.15, 0.2) is 36.5 Å². The Balaban J connectivity index is 1.60. The van der Waals surface area contributed by atoms with Gasteiger partial charge >= 0.3 is 6.09 Å². The molecule has 0 unspecified atom stereocenters. The third kappa shape index (κ3) is 3.04. The highest BCUT2D eigenvalue weighted by Crippen LogP contribution is 2.40. The topological polar surface area (TPSA) is 85.1 Å². The predicted molar refractivity (Wildman–Crippen MR) is 96.6 cm³/mol. The predicted octanol–water partition coefficient (Wildman–Crippen LogP) is 2.52. The number of cyclic esters (lactones) is 1. The van der Waals surface area contributed by atoms with Gasteiger partial charge in [0.1, 0.15) is 30.7 Å². The number of carbonyl (C=O) groups excluding carboxylic acids is 2. The van der Waals surface area contributed by atoms with Crippen molar-refractivity contribution in [1.82, 2.24) is 10.3 Å². The molecule has 136 valence electrons. The average molecular weight is 364 g/mol. The van der Waals surface area contributed by atoms with Crippen molar-refractivity contribution < 1.29 is 19.1 Å². The molecule has 0 spiro atoms. The van der Waals surface area contributed by atoms with Crippen molar-refractivity contribution in [3.63, 3.8) is 0 Å². The second-order valence-electron chi connectivity index (χ2n) is 6.31. The molecule has 2 aromatic rings. The molecule has 4 rings (SSSR count). The molecule has 8 heteroatoms. The van der Waals surface area contributed by atoms with E-state index in [0.29, 0.717) is 17.3 Å². The van der Waals surface area contributed by atoms with Gasteiger partial charge in [0, 0.05) is 12.5 Å². The Morgan fingerprint density at radius 3 is 2.89 bits per heavy atom. The van der Waals surface area contributed by atoms with Gasteiger partial charge in [-0.15, -0.1) is 4.98 Å². The molecule has 1 N–H and O–H groups in total. The minimum atomic E-state index is -0.459. The largest absolute Gasteiger partial charge is 0.489 e. The number of benzene rings is 1. The maximum absolute atomic E-state index is 12.3. The average Bonchev–Trinajstić information content (AvgIpc) is 3.02. The molecule has 1 aromatic heterocycles. The van der Waals surface area contributed by atoms with Crippen molar-refractivity contribution >= 4 is 23.5 Å². The SMILES string of the molecule is [C-]#[N+]c1ccc(-c2ccc3c(c2)OC[C@H]2[C@H](CNC(C)=O)OC(=O)N32)cn1. The van der Waals surface area contributed by atoms with E-state index in [4.69, 9.17) is 16.0 Å². The van der Waals surface area contributed by atoms with Crippen LogP contribution in [0.5, 0.6) is 5.75 Å². The Morgan fingerprint density at radius 2 is 2.19 bits per heavy atom. The minimum absolute atomic E-state index is 0.177. The lowest BCUT2D eigenvalue weighted by Gasteiger charge is -2.31. The van der Waals surface area contributed by atoms with Crippen LogP contribution in [0.25, 0.3) is 16.0 Å². The van der Waals surface area contributed by atoms with Gasteiger partial charge in [0.05, 0.1) is 12.2 Å². The fourth-order valence-corrected chi connectivity index (χ4v) is 3.25. The van der Waals surface area contributed by atoms with Crippen molar-refractivity contribution in [1.29, 1.82) is 0 Å². The molecule has 2 amide bonds. The van der Waals surface area contributed by atoms with Crippen molar-refractivity contribution in [3.05, 3.63) is 47.9 Å². The quantitative estimate of drug-likeness (QED) is 0.846. The molecular formula is C19H16N4O4. The summed E-state index contributed by atoms with van der Waals surface area (Å²) >= 11 is 0. The molecule has 1 fully saturated rings. The number of amides is 2. The minimum Gasteiger partial charge on any atom is -0.489 e. The molecule has 2 atom stereocenters. The summed E-state index contributed by atoms with van der Waals surface area (Å²) in [7, 11) is 0. The zero-order chi connectivity index (χ0) is 19.0. The van der Waals surface area contributed by atoms with Crippen molar-refractivity contribution in [2.75, 3.05) is 18.1 Å². The van der Waals surface area contributed by atoms with E-state index >= 15 is 0 Å². The smallest absolute Gasteiger partial charge is 0.415 e. The Bertz CT molecular complexity index is 951. The van der Waals surface area contributed by atoms with E-state index in [-0.39, 0.29) is 25.1 Å². The summed E-state index contributed by atoms with van der Waals surface area (Å²) in [4.78, 5) is 32.4. The summed E-state index contributed by atoms with van der Waals surface area (Å²) in [5.74, 6) is 0.736. The lowest BCUT2D eigenvalue weighted by molar-refractivity contribution is -0.119. The van der Waals surface area contributed by atoms with Crippen LogP contribution in [0.1, 0.15) is 6.92 Å². The van der Waals surface area contributed by atoms with Crippen LogP contribution in [0.2, 0.25) is 0 Å². The number of anilines is 1. The highest BCUT2D eigenvalue weighted by molar-refractivity contribution is 5.94. The molecule has 3 heterocycles. The fourth-order valence-electron chi connectivity index (χ4n) is 3.25. The Morgan fingerprint density at radius 1 is 1.37 bits per heavy atom. The number of rotatable bonds is 3. The Labute approximate surface area is 155 Å². The third-order valence-corrected chi connectivity index (χ3v) is 4.59. The summed E-state index contributed by atoms with van der Waals surface area (Å²) in [6.45, 7) is 8.92. The molecular weight excluding hydrogens is 348 g/mol. The normalized spacial score (nSPS) is 20.0. The summed E-state index contributed by atoms with van der Waals surface area (Å²) in [5.41, 5.74) is 2.36. The molecule has 8 nitrogen and oxygen atoms in total. The van der Waals surface area contributed by atoms with Gasteiger partial charge < -0.3 is 19.6 Å². The highest BCUT2D eigenvalue weighted by Gasteiger charge is 2.46. The maximum Gasteiger partial charge on any atom is 0.415 e. The summed E-state index contributed by atoms with van der Waals surface area (Å²) in [6.07, 6.45) is 0.726. The maximum atomic E-state index is 12.3. The Hall–Kier alpha value is -3.60. The van der Waals surface area contributed by atoms with Gasteiger partial charge in [-0.05, 0) is 23.8 Å². The molecule has 2 aliphatic heterocycles. The molecule has 2 aliphatic rings. The number of hydrogen-bond acceptors (Lipinski definition) is 5. The molecule has 27 heavy (non-hydrogen) atoms. The number of ether oxygens (including phenoxy) is 2. The van der Waals surface area contributed by atoms with Crippen LogP contribution in [0.4, 0.5) is 16.3 Å². The number of pyridine rings is 1. The first-order valence-electron chi connectivity index (χ1n) is 8.42.